The van der Waals surface area contributed by atoms with E-state index in [4.69, 9.17) is 0 Å². The van der Waals surface area contributed by atoms with Crippen molar-refractivity contribution in [3.8, 4) is 0 Å². The Hall–Kier alpha value is -3.40. The molecule has 2 aromatic carbocycles. The number of fused-ring (bicyclic) bond motifs is 1. The van der Waals surface area contributed by atoms with Gasteiger partial charge in [-0.25, -0.2) is 0 Å². The molecule has 4 rings (SSSR count). The SMILES string of the molecule is O=C(N[C@H](c1ccccc1)c1cc2ccncc2[nH]1)c1ccccc1. The van der Waals surface area contributed by atoms with Crippen LogP contribution in [0.4, 0.5) is 0 Å². The summed E-state index contributed by atoms with van der Waals surface area (Å²) in [6.45, 7) is 0. The highest BCUT2D eigenvalue weighted by molar-refractivity contribution is 5.94. The molecular formula is C21H17N3O. The number of hydrogen-bond donors (Lipinski definition) is 2. The van der Waals surface area contributed by atoms with Gasteiger partial charge < -0.3 is 10.3 Å². The predicted octanol–water partition coefficient (Wildman–Crippen LogP) is 4.08. The molecular weight excluding hydrogens is 310 g/mol. The van der Waals surface area contributed by atoms with Gasteiger partial charge in [0.15, 0.2) is 0 Å². The fourth-order valence-corrected chi connectivity index (χ4v) is 2.94. The third-order valence-electron chi connectivity index (χ3n) is 4.20. The first-order valence-corrected chi connectivity index (χ1v) is 8.15. The summed E-state index contributed by atoms with van der Waals surface area (Å²) in [7, 11) is 0. The van der Waals surface area contributed by atoms with Crippen LogP contribution in [0, 0.1) is 0 Å². The van der Waals surface area contributed by atoms with Gasteiger partial charge in [-0.3, -0.25) is 9.78 Å². The highest BCUT2D eigenvalue weighted by Gasteiger charge is 2.19. The van der Waals surface area contributed by atoms with E-state index < -0.39 is 0 Å². The van der Waals surface area contributed by atoms with Crippen LogP contribution in [0.15, 0.2) is 85.2 Å². The lowest BCUT2D eigenvalue weighted by molar-refractivity contribution is 0.0942. The average Bonchev–Trinajstić information content (AvgIpc) is 3.11. The van der Waals surface area contributed by atoms with Gasteiger partial charge in [0.05, 0.1) is 17.8 Å². The van der Waals surface area contributed by atoms with Crippen LogP contribution in [0.25, 0.3) is 10.9 Å². The van der Waals surface area contributed by atoms with Gasteiger partial charge in [-0.15, -0.1) is 0 Å². The van der Waals surface area contributed by atoms with Gasteiger partial charge in [0, 0.05) is 22.8 Å². The number of pyridine rings is 1. The second-order valence-electron chi connectivity index (χ2n) is 5.87. The number of benzene rings is 2. The normalized spacial score (nSPS) is 12.0. The van der Waals surface area contributed by atoms with Crippen LogP contribution in [0.1, 0.15) is 27.7 Å². The van der Waals surface area contributed by atoms with Crippen molar-refractivity contribution in [3.05, 3.63) is 102 Å². The van der Waals surface area contributed by atoms with Gasteiger partial charge in [-0.1, -0.05) is 48.5 Å². The van der Waals surface area contributed by atoms with E-state index in [1.165, 1.54) is 0 Å². The van der Waals surface area contributed by atoms with Gasteiger partial charge >= 0.3 is 0 Å². The molecule has 0 bridgehead atoms. The van der Waals surface area contributed by atoms with Crippen LogP contribution in [-0.2, 0) is 0 Å². The Morgan fingerprint density at radius 2 is 1.68 bits per heavy atom. The molecule has 4 nitrogen and oxygen atoms in total. The molecule has 0 aliphatic rings. The van der Waals surface area contributed by atoms with Crippen molar-refractivity contribution in [1.29, 1.82) is 0 Å². The maximum Gasteiger partial charge on any atom is 0.252 e. The van der Waals surface area contributed by atoms with Crippen molar-refractivity contribution in [2.75, 3.05) is 0 Å². The molecule has 122 valence electrons. The van der Waals surface area contributed by atoms with Crippen LogP contribution in [0.5, 0.6) is 0 Å². The summed E-state index contributed by atoms with van der Waals surface area (Å²) >= 11 is 0. The first-order chi connectivity index (χ1) is 12.3. The fraction of sp³-hybridized carbons (Fsp3) is 0.0476. The zero-order valence-electron chi connectivity index (χ0n) is 13.5. The van der Waals surface area contributed by atoms with Crippen molar-refractivity contribution >= 4 is 16.8 Å². The number of aromatic amines is 1. The molecule has 1 atom stereocenters. The third kappa shape index (κ3) is 3.15. The maximum absolute atomic E-state index is 12.7. The summed E-state index contributed by atoms with van der Waals surface area (Å²) in [6.07, 6.45) is 3.56. The monoisotopic (exact) mass is 327 g/mol. The maximum atomic E-state index is 12.7. The third-order valence-corrected chi connectivity index (χ3v) is 4.20. The predicted molar refractivity (Wildman–Crippen MR) is 98.3 cm³/mol. The topological polar surface area (TPSA) is 57.8 Å². The molecule has 0 aliphatic heterocycles. The second kappa shape index (κ2) is 6.61. The standard InChI is InChI=1S/C21H17N3O/c25-21(16-9-5-2-6-10-16)24-20(15-7-3-1-4-8-15)18-13-17-11-12-22-14-19(17)23-18/h1-14,20,23H,(H,24,25)/t20-/m1/s1. The first-order valence-electron chi connectivity index (χ1n) is 8.15. The van der Waals surface area contributed by atoms with Crippen LogP contribution in [0.3, 0.4) is 0 Å². The summed E-state index contributed by atoms with van der Waals surface area (Å²) in [5, 5.41) is 4.21. The second-order valence-corrected chi connectivity index (χ2v) is 5.87. The minimum absolute atomic E-state index is 0.105. The number of carbonyl (C=O) groups excluding carboxylic acids is 1. The molecule has 0 aliphatic carbocycles. The van der Waals surface area contributed by atoms with Crippen LogP contribution in [0.2, 0.25) is 0 Å². The minimum Gasteiger partial charge on any atom is -0.355 e. The summed E-state index contributed by atoms with van der Waals surface area (Å²) in [5.74, 6) is -0.105. The van der Waals surface area contributed by atoms with E-state index in [0.29, 0.717) is 5.56 Å². The van der Waals surface area contributed by atoms with Gasteiger partial charge in [-0.2, -0.15) is 0 Å². The quantitative estimate of drug-likeness (QED) is 0.593. The number of nitrogens with zero attached hydrogens (tertiary/aromatic N) is 1. The van der Waals surface area contributed by atoms with Gasteiger partial charge in [-0.05, 0) is 29.8 Å². The molecule has 0 saturated carbocycles. The molecule has 0 unspecified atom stereocenters. The lowest BCUT2D eigenvalue weighted by Crippen LogP contribution is -2.29. The molecule has 25 heavy (non-hydrogen) atoms. The fourth-order valence-electron chi connectivity index (χ4n) is 2.94. The highest BCUT2D eigenvalue weighted by Crippen LogP contribution is 2.25. The summed E-state index contributed by atoms with van der Waals surface area (Å²) in [4.78, 5) is 20.2. The van der Waals surface area contributed by atoms with E-state index in [0.717, 1.165) is 22.2 Å². The Morgan fingerprint density at radius 3 is 2.40 bits per heavy atom. The summed E-state index contributed by atoms with van der Waals surface area (Å²) < 4.78 is 0. The smallest absolute Gasteiger partial charge is 0.252 e. The van der Waals surface area contributed by atoms with Crippen molar-refractivity contribution < 1.29 is 4.79 Å². The van der Waals surface area contributed by atoms with Crippen LogP contribution in [-0.4, -0.2) is 15.9 Å². The Morgan fingerprint density at radius 1 is 0.960 bits per heavy atom. The zero-order valence-corrected chi connectivity index (χ0v) is 13.5. The number of nitrogens with one attached hydrogen (secondary N) is 2. The van der Waals surface area contributed by atoms with Crippen LogP contribution >= 0.6 is 0 Å². The number of aromatic nitrogens is 2. The number of rotatable bonds is 4. The Kier molecular flexibility index (Phi) is 4.01. The Labute approximate surface area is 145 Å². The van der Waals surface area contributed by atoms with Gasteiger partial charge in [0.25, 0.3) is 5.91 Å². The molecule has 0 radical (unpaired) electrons. The van der Waals surface area contributed by atoms with E-state index in [1.54, 1.807) is 12.4 Å². The minimum atomic E-state index is -0.263. The lowest BCUT2D eigenvalue weighted by Gasteiger charge is -2.18. The number of amides is 1. The van der Waals surface area contributed by atoms with Crippen LogP contribution < -0.4 is 5.32 Å². The molecule has 1 amide bonds. The zero-order chi connectivity index (χ0) is 17.1. The Balaban J connectivity index is 1.73. The molecule has 4 heteroatoms. The molecule has 2 N–H and O–H groups in total. The summed E-state index contributed by atoms with van der Waals surface area (Å²) in [6, 6.07) is 22.9. The largest absolute Gasteiger partial charge is 0.355 e. The van der Waals surface area contributed by atoms with Crippen molar-refractivity contribution in [1.82, 2.24) is 15.3 Å². The van der Waals surface area contributed by atoms with E-state index in [2.05, 4.69) is 21.4 Å². The number of carbonyl (C=O) groups is 1. The summed E-state index contributed by atoms with van der Waals surface area (Å²) in [5.41, 5.74) is 3.54. The van der Waals surface area contributed by atoms with Crippen molar-refractivity contribution in [3.63, 3.8) is 0 Å². The number of H-pyrrole nitrogens is 1. The number of hydrogen-bond acceptors (Lipinski definition) is 2. The molecule has 4 aromatic rings. The lowest BCUT2D eigenvalue weighted by atomic mass is 10.0. The molecule has 0 fully saturated rings. The van der Waals surface area contributed by atoms with Gasteiger partial charge in [0.2, 0.25) is 0 Å². The molecule has 2 aromatic heterocycles. The molecule has 0 saturated heterocycles. The molecule has 0 spiro atoms. The van der Waals surface area contributed by atoms with Gasteiger partial charge in [0.1, 0.15) is 0 Å². The molecule has 2 heterocycles. The van der Waals surface area contributed by atoms with E-state index in [1.807, 2.05) is 66.7 Å². The average molecular weight is 327 g/mol. The highest BCUT2D eigenvalue weighted by atomic mass is 16.1. The van der Waals surface area contributed by atoms with E-state index in [-0.39, 0.29) is 11.9 Å². The van der Waals surface area contributed by atoms with E-state index in [9.17, 15) is 4.79 Å². The van der Waals surface area contributed by atoms with E-state index >= 15 is 0 Å². The van der Waals surface area contributed by atoms with Crippen molar-refractivity contribution in [2.45, 2.75) is 6.04 Å². The Bertz CT molecular complexity index is 960. The first kappa shape index (κ1) is 15.1. The van der Waals surface area contributed by atoms with Crippen molar-refractivity contribution in [2.24, 2.45) is 0 Å².